The summed E-state index contributed by atoms with van der Waals surface area (Å²) in [5.74, 6) is -0.765. The Morgan fingerprint density at radius 2 is 1.87 bits per heavy atom. The minimum atomic E-state index is -4.60. The lowest BCUT2D eigenvalue weighted by Crippen LogP contribution is -2.30. The molecule has 0 atom stereocenters. The van der Waals surface area contributed by atoms with Crippen molar-refractivity contribution >= 4 is 39.7 Å². The first-order valence-electron chi connectivity index (χ1n) is 11.8. The molecule has 0 fully saturated rings. The number of rotatable bonds is 5. The number of carbonyl (C=O) groups is 2. The van der Waals surface area contributed by atoms with Gasteiger partial charge in [-0.2, -0.15) is 13.2 Å². The van der Waals surface area contributed by atoms with E-state index in [-0.39, 0.29) is 23.5 Å². The fourth-order valence-electron chi connectivity index (χ4n) is 4.65. The molecule has 0 unspecified atom stereocenters. The number of anilines is 3. The molecule has 38 heavy (non-hydrogen) atoms. The van der Waals surface area contributed by atoms with Crippen LogP contribution < -0.4 is 16.0 Å². The molecule has 1 aromatic heterocycles. The number of hydrogen-bond acceptors (Lipinski definition) is 5. The summed E-state index contributed by atoms with van der Waals surface area (Å²) < 4.78 is 41.0. The number of hydrogen-bond donors (Lipinski definition) is 2. The lowest BCUT2D eigenvalue weighted by Gasteiger charge is -2.18. The summed E-state index contributed by atoms with van der Waals surface area (Å²) >= 11 is 1.28. The molecule has 1 aliphatic heterocycles. The molecule has 4 aromatic rings. The standard InChI is InChI=1S/C28H23F3N4O2S/c1-16-11-21(17-5-3-2-4-6-17)22(14-23(16)28(29,30)31)26(37)33-19-7-8-24-18(12-19)9-10-35(24)25(36)13-20-15-38-27(32)34-20/h2-8,11-12,14-15H,9-10,13H2,1H3,(H2,32,34)(H,33,37). The van der Waals surface area contributed by atoms with Gasteiger partial charge in [0.25, 0.3) is 5.91 Å². The van der Waals surface area contributed by atoms with Gasteiger partial charge in [-0.3, -0.25) is 9.59 Å². The lowest BCUT2D eigenvalue weighted by molar-refractivity contribution is -0.138. The Labute approximate surface area is 220 Å². The summed E-state index contributed by atoms with van der Waals surface area (Å²) in [5.41, 5.74) is 8.45. The van der Waals surface area contributed by atoms with Crippen molar-refractivity contribution in [2.75, 3.05) is 22.5 Å². The van der Waals surface area contributed by atoms with Crippen molar-refractivity contribution in [2.24, 2.45) is 0 Å². The van der Waals surface area contributed by atoms with E-state index >= 15 is 0 Å². The minimum Gasteiger partial charge on any atom is -0.375 e. The first kappa shape index (κ1) is 25.5. The van der Waals surface area contributed by atoms with Gasteiger partial charge in [-0.05, 0) is 59.9 Å². The number of fused-ring (bicyclic) bond motifs is 1. The average Bonchev–Trinajstić information content (AvgIpc) is 3.49. The fraction of sp³-hybridized carbons (Fsp3) is 0.179. The first-order valence-corrected chi connectivity index (χ1v) is 12.7. The van der Waals surface area contributed by atoms with Crippen LogP contribution in [-0.2, 0) is 23.8 Å². The van der Waals surface area contributed by atoms with Gasteiger partial charge in [-0.25, -0.2) is 4.98 Å². The number of alkyl halides is 3. The van der Waals surface area contributed by atoms with Crippen molar-refractivity contribution in [1.29, 1.82) is 0 Å². The molecule has 0 spiro atoms. The molecule has 0 aliphatic carbocycles. The normalized spacial score (nSPS) is 12.9. The van der Waals surface area contributed by atoms with E-state index in [2.05, 4.69) is 10.3 Å². The molecule has 6 nitrogen and oxygen atoms in total. The highest BCUT2D eigenvalue weighted by Crippen LogP contribution is 2.37. The van der Waals surface area contributed by atoms with Crippen molar-refractivity contribution in [3.05, 3.63) is 94.0 Å². The maximum atomic E-state index is 13.7. The molecule has 3 N–H and O–H groups in total. The summed E-state index contributed by atoms with van der Waals surface area (Å²) in [6.45, 7) is 1.87. The van der Waals surface area contributed by atoms with Crippen molar-refractivity contribution in [3.63, 3.8) is 0 Å². The number of carbonyl (C=O) groups excluding carboxylic acids is 2. The number of nitrogens with two attached hydrogens (primary N) is 1. The molecular formula is C28H23F3N4O2S. The van der Waals surface area contributed by atoms with Gasteiger partial charge in [-0.15, -0.1) is 11.3 Å². The molecule has 0 saturated heterocycles. The molecule has 2 heterocycles. The molecule has 0 saturated carbocycles. The Balaban J connectivity index is 1.41. The largest absolute Gasteiger partial charge is 0.416 e. The second-order valence-electron chi connectivity index (χ2n) is 9.02. The molecule has 194 valence electrons. The van der Waals surface area contributed by atoms with Crippen LogP contribution in [-0.4, -0.2) is 23.3 Å². The van der Waals surface area contributed by atoms with Gasteiger partial charge in [0.1, 0.15) is 0 Å². The van der Waals surface area contributed by atoms with Crippen LogP contribution in [0.4, 0.5) is 29.7 Å². The third-order valence-corrected chi connectivity index (χ3v) is 7.16. The van der Waals surface area contributed by atoms with Gasteiger partial charge in [0.2, 0.25) is 5.91 Å². The van der Waals surface area contributed by atoms with E-state index in [4.69, 9.17) is 5.73 Å². The van der Waals surface area contributed by atoms with E-state index in [1.54, 1.807) is 58.8 Å². The molecule has 2 amide bonds. The van der Waals surface area contributed by atoms with E-state index in [9.17, 15) is 22.8 Å². The van der Waals surface area contributed by atoms with Crippen LogP contribution in [0.5, 0.6) is 0 Å². The molecule has 1 aliphatic rings. The zero-order valence-electron chi connectivity index (χ0n) is 20.3. The SMILES string of the molecule is Cc1cc(-c2ccccc2)c(C(=O)Nc2ccc3c(c2)CCN3C(=O)Cc2csc(N)n2)cc1C(F)(F)F. The maximum Gasteiger partial charge on any atom is 0.416 e. The van der Waals surface area contributed by atoms with Gasteiger partial charge in [0, 0.05) is 28.9 Å². The third kappa shape index (κ3) is 5.12. The van der Waals surface area contributed by atoms with Crippen molar-refractivity contribution in [3.8, 4) is 11.1 Å². The first-order chi connectivity index (χ1) is 18.1. The Kier molecular flexibility index (Phi) is 6.66. The number of amides is 2. The summed E-state index contributed by atoms with van der Waals surface area (Å²) in [5, 5.41) is 4.91. The quantitative estimate of drug-likeness (QED) is 0.323. The fourth-order valence-corrected chi connectivity index (χ4v) is 5.21. The topological polar surface area (TPSA) is 88.3 Å². The van der Waals surface area contributed by atoms with Gasteiger partial charge < -0.3 is 16.0 Å². The number of aryl methyl sites for hydroxylation is 1. The average molecular weight is 537 g/mol. The molecule has 10 heteroatoms. The highest BCUT2D eigenvalue weighted by atomic mass is 32.1. The van der Waals surface area contributed by atoms with Crippen LogP contribution in [0.25, 0.3) is 11.1 Å². The lowest BCUT2D eigenvalue weighted by atomic mass is 9.93. The van der Waals surface area contributed by atoms with Crippen molar-refractivity contribution in [1.82, 2.24) is 4.98 Å². The van der Waals surface area contributed by atoms with Crippen LogP contribution in [0.2, 0.25) is 0 Å². The minimum absolute atomic E-state index is 0.0375. The van der Waals surface area contributed by atoms with Crippen molar-refractivity contribution in [2.45, 2.75) is 25.9 Å². The zero-order valence-corrected chi connectivity index (χ0v) is 21.1. The van der Waals surface area contributed by atoms with E-state index in [1.165, 1.54) is 24.3 Å². The van der Waals surface area contributed by atoms with E-state index in [0.29, 0.717) is 40.6 Å². The predicted octanol–water partition coefficient (Wildman–Crippen LogP) is 6.10. The van der Waals surface area contributed by atoms with E-state index < -0.39 is 17.6 Å². The Morgan fingerprint density at radius 3 is 2.55 bits per heavy atom. The number of aromatic nitrogens is 1. The second-order valence-corrected chi connectivity index (χ2v) is 9.91. The predicted molar refractivity (Wildman–Crippen MR) is 142 cm³/mol. The smallest absolute Gasteiger partial charge is 0.375 e. The summed E-state index contributed by atoms with van der Waals surface area (Å²) in [7, 11) is 0. The number of nitrogens with one attached hydrogen (secondary N) is 1. The van der Waals surface area contributed by atoms with E-state index in [0.717, 1.165) is 17.3 Å². The van der Waals surface area contributed by atoms with Crippen LogP contribution >= 0.6 is 11.3 Å². The maximum absolute atomic E-state index is 13.7. The van der Waals surface area contributed by atoms with E-state index in [1.807, 2.05) is 0 Å². The number of halogens is 3. The molecule has 0 bridgehead atoms. The van der Waals surface area contributed by atoms with Gasteiger partial charge in [-0.1, -0.05) is 36.4 Å². The number of nitrogens with zero attached hydrogens (tertiary/aromatic N) is 2. The molecular weight excluding hydrogens is 513 g/mol. The van der Waals surface area contributed by atoms with Gasteiger partial charge in [0.05, 0.1) is 17.7 Å². The summed E-state index contributed by atoms with van der Waals surface area (Å²) in [4.78, 5) is 32.0. The Bertz CT molecular complexity index is 1530. The highest BCUT2D eigenvalue weighted by molar-refractivity contribution is 7.13. The van der Waals surface area contributed by atoms with Crippen LogP contribution in [0, 0.1) is 6.92 Å². The number of thiazole rings is 1. The Morgan fingerprint density at radius 1 is 1.11 bits per heavy atom. The van der Waals surface area contributed by atoms with Crippen LogP contribution in [0.3, 0.4) is 0 Å². The highest BCUT2D eigenvalue weighted by Gasteiger charge is 2.34. The summed E-state index contributed by atoms with van der Waals surface area (Å²) in [6, 6.07) is 16.3. The van der Waals surface area contributed by atoms with Crippen molar-refractivity contribution < 1.29 is 22.8 Å². The number of nitrogen functional groups attached to an aromatic ring is 1. The van der Waals surface area contributed by atoms with Gasteiger partial charge in [0.15, 0.2) is 5.13 Å². The monoisotopic (exact) mass is 536 g/mol. The number of benzene rings is 3. The third-order valence-electron chi connectivity index (χ3n) is 6.44. The zero-order chi connectivity index (χ0) is 27.0. The Hall–Kier alpha value is -4.18. The molecule has 0 radical (unpaired) electrons. The van der Waals surface area contributed by atoms with Gasteiger partial charge >= 0.3 is 6.18 Å². The molecule has 5 rings (SSSR count). The second kappa shape index (κ2) is 9.94. The van der Waals surface area contributed by atoms with Crippen LogP contribution in [0.1, 0.15) is 32.7 Å². The van der Waals surface area contributed by atoms with Crippen LogP contribution in [0.15, 0.2) is 66.0 Å². The summed E-state index contributed by atoms with van der Waals surface area (Å²) in [6.07, 6.45) is -3.88. The molecule has 3 aromatic carbocycles.